The van der Waals surface area contributed by atoms with Crippen LogP contribution in [0.5, 0.6) is 0 Å². The number of nitrogens with one attached hydrogen (secondary N) is 1. The smallest absolute Gasteiger partial charge is 0.324 e. The molecule has 1 fully saturated rings. The second-order valence-electron chi connectivity index (χ2n) is 5.61. The highest BCUT2D eigenvalue weighted by molar-refractivity contribution is 5.80. The molecular weight excluding hydrogens is 244 g/mol. The van der Waals surface area contributed by atoms with E-state index < -0.39 is 0 Å². The molecule has 0 aromatic carbocycles. The Bertz CT molecular complexity index is 318. The standard InChI is InChI=1S/C14H26N2O3/c1-5-11(4)9-19-14(18)12-7-6-8-16(15-12)13(17)10(2)3/h10-12,15H,5-9H2,1-4H3. The number of nitrogens with zero attached hydrogens (tertiary/aromatic N) is 1. The van der Waals surface area contributed by atoms with Gasteiger partial charge in [0.2, 0.25) is 5.91 Å². The van der Waals surface area contributed by atoms with Crippen molar-refractivity contribution in [3.8, 4) is 0 Å². The number of ether oxygens (including phenoxy) is 1. The number of amides is 1. The van der Waals surface area contributed by atoms with Gasteiger partial charge in [-0.2, -0.15) is 0 Å². The molecule has 1 aliphatic rings. The molecule has 1 rings (SSSR count). The Morgan fingerprint density at radius 3 is 2.63 bits per heavy atom. The molecule has 2 atom stereocenters. The maximum Gasteiger partial charge on any atom is 0.324 e. The van der Waals surface area contributed by atoms with Crippen LogP contribution in [0.15, 0.2) is 0 Å². The van der Waals surface area contributed by atoms with E-state index in [0.29, 0.717) is 19.1 Å². The van der Waals surface area contributed by atoms with Crippen molar-refractivity contribution in [2.24, 2.45) is 11.8 Å². The summed E-state index contributed by atoms with van der Waals surface area (Å²) in [4.78, 5) is 23.8. The van der Waals surface area contributed by atoms with Gasteiger partial charge in [0, 0.05) is 12.5 Å². The topological polar surface area (TPSA) is 58.6 Å². The maximum absolute atomic E-state index is 11.9. The number of hydrogen-bond acceptors (Lipinski definition) is 4. The first-order valence-corrected chi connectivity index (χ1v) is 7.19. The summed E-state index contributed by atoms with van der Waals surface area (Å²) in [7, 11) is 0. The zero-order chi connectivity index (χ0) is 14.4. The van der Waals surface area contributed by atoms with Gasteiger partial charge in [-0.1, -0.05) is 34.1 Å². The third kappa shape index (κ3) is 4.82. The summed E-state index contributed by atoms with van der Waals surface area (Å²) >= 11 is 0. The number of carbonyl (C=O) groups is 2. The summed E-state index contributed by atoms with van der Waals surface area (Å²) in [6.45, 7) is 8.94. The van der Waals surface area contributed by atoms with Crippen molar-refractivity contribution in [1.29, 1.82) is 0 Å². The van der Waals surface area contributed by atoms with Crippen LogP contribution in [0.1, 0.15) is 47.0 Å². The largest absolute Gasteiger partial charge is 0.464 e. The Morgan fingerprint density at radius 2 is 2.05 bits per heavy atom. The van der Waals surface area contributed by atoms with E-state index in [-0.39, 0.29) is 23.8 Å². The molecule has 0 saturated carbocycles. The third-order valence-corrected chi connectivity index (χ3v) is 3.44. The van der Waals surface area contributed by atoms with Crippen LogP contribution in [0.2, 0.25) is 0 Å². The number of hydrogen-bond donors (Lipinski definition) is 1. The van der Waals surface area contributed by atoms with E-state index >= 15 is 0 Å². The molecule has 5 nitrogen and oxygen atoms in total. The second-order valence-corrected chi connectivity index (χ2v) is 5.61. The Morgan fingerprint density at radius 1 is 1.37 bits per heavy atom. The van der Waals surface area contributed by atoms with Crippen molar-refractivity contribution in [3.63, 3.8) is 0 Å². The van der Waals surface area contributed by atoms with Gasteiger partial charge in [-0.25, -0.2) is 5.43 Å². The summed E-state index contributed by atoms with van der Waals surface area (Å²) in [5.41, 5.74) is 2.99. The molecule has 0 aromatic heterocycles. The molecule has 2 unspecified atom stereocenters. The van der Waals surface area contributed by atoms with Gasteiger partial charge in [0.1, 0.15) is 6.04 Å². The van der Waals surface area contributed by atoms with Crippen LogP contribution in [0, 0.1) is 11.8 Å². The van der Waals surface area contributed by atoms with Crippen molar-refractivity contribution in [1.82, 2.24) is 10.4 Å². The zero-order valence-corrected chi connectivity index (χ0v) is 12.4. The summed E-state index contributed by atoms with van der Waals surface area (Å²) < 4.78 is 5.28. The minimum Gasteiger partial charge on any atom is -0.464 e. The average Bonchev–Trinajstić information content (AvgIpc) is 2.43. The average molecular weight is 270 g/mol. The first-order valence-electron chi connectivity index (χ1n) is 7.19. The molecular formula is C14H26N2O3. The van der Waals surface area contributed by atoms with E-state index in [1.165, 1.54) is 0 Å². The Labute approximate surface area is 115 Å². The fraction of sp³-hybridized carbons (Fsp3) is 0.857. The first kappa shape index (κ1) is 16.0. The normalized spacial score (nSPS) is 21.3. The minimum absolute atomic E-state index is 0.0272. The number of hydrazine groups is 1. The summed E-state index contributed by atoms with van der Waals surface area (Å²) in [6.07, 6.45) is 2.54. The molecule has 0 aromatic rings. The van der Waals surface area contributed by atoms with Gasteiger partial charge >= 0.3 is 5.97 Å². The van der Waals surface area contributed by atoms with Gasteiger partial charge in [0.25, 0.3) is 0 Å². The fourth-order valence-electron chi connectivity index (χ4n) is 1.87. The zero-order valence-electron chi connectivity index (χ0n) is 12.4. The fourth-order valence-corrected chi connectivity index (χ4v) is 1.87. The number of esters is 1. The minimum atomic E-state index is -0.388. The lowest BCUT2D eigenvalue weighted by atomic mass is 10.1. The molecule has 0 bridgehead atoms. The van der Waals surface area contributed by atoms with E-state index in [9.17, 15) is 9.59 Å². The van der Waals surface area contributed by atoms with E-state index in [4.69, 9.17) is 4.74 Å². The molecule has 0 radical (unpaired) electrons. The maximum atomic E-state index is 11.9. The van der Waals surface area contributed by atoms with Crippen LogP contribution >= 0.6 is 0 Å². The monoisotopic (exact) mass is 270 g/mol. The van der Waals surface area contributed by atoms with Crippen molar-refractivity contribution in [2.75, 3.05) is 13.2 Å². The van der Waals surface area contributed by atoms with Crippen molar-refractivity contribution in [3.05, 3.63) is 0 Å². The lowest BCUT2D eigenvalue weighted by Crippen LogP contribution is -2.56. The van der Waals surface area contributed by atoms with Gasteiger partial charge in [-0.05, 0) is 18.8 Å². The summed E-state index contributed by atoms with van der Waals surface area (Å²) in [5.74, 6) is 0.0873. The lowest BCUT2D eigenvalue weighted by molar-refractivity contribution is -0.153. The third-order valence-electron chi connectivity index (χ3n) is 3.44. The van der Waals surface area contributed by atoms with Crippen LogP contribution in [-0.2, 0) is 14.3 Å². The second kappa shape index (κ2) is 7.48. The predicted octanol–water partition coefficient (Wildman–Crippen LogP) is 1.73. The molecule has 1 saturated heterocycles. The molecule has 0 aliphatic carbocycles. The van der Waals surface area contributed by atoms with Crippen LogP contribution < -0.4 is 5.43 Å². The molecule has 1 amide bonds. The Hall–Kier alpha value is -1.10. The molecule has 5 heteroatoms. The molecule has 110 valence electrons. The number of rotatable bonds is 5. The summed E-state index contributed by atoms with van der Waals surface area (Å²) in [6, 6.07) is -0.388. The van der Waals surface area contributed by atoms with Crippen LogP contribution in [0.4, 0.5) is 0 Å². The van der Waals surface area contributed by atoms with E-state index in [1.54, 1.807) is 5.01 Å². The quantitative estimate of drug-likeness (QED) is 0.773. The highest BCUT2D eigenvalue weighted by atomic mass is 16.5. The van der Waals surface area contributed by atoms with Gasteiger partial charge < -0.3 is 4.74 Å². The van der Waals surface area contributed by atoms with Crippen LogP contribution in [0.3, 0.4) is 0 Å². The van der Waals surface area contributed by atoms with Gasteiger partial charge in [-0.3, -0.25) is 14.6 Å². The van der Waals surface area contributed by atoms with Crippen molar-refractivity contribution in [2.45, 2.75) is 53.0 Å². The number of carbonyl (C=O) groups excluding carboxylic acids is 2. The van der Waals surface area contributed by atoms with Gasteiger partial charge in [0.15, 0.2) is 0 Å². The van der Waals surface area contributed by atoms with Gasteiger partial charge in [0.05, 0.1) is 6.61 Å². The summed E-state index contributed by atoms with van der Waals surface area (Å²) in [5, 5.41) is 1.56. The Balaban J connectivity index is 2.45. The molecule has 1 aliphatic heterocycles. The molecule has 1 heterocycles. The van der Waals surface area contributed by atoms with Crippen LogP contribution in [-0.4, -0.2) is 36.1 Å². The van der Waals surface area contributed by atoms with Crippen LogP contribution in [0.25, 0.3) is 0 Å². The molecule has 1 N–H and O–H groups in total. The lowest BCUT2D eigenvalue weighted by Gasteiger charge is -2.33. The van der Waals surface area contributed by atoms with Gasteiger partial charge in [-0.15, -0.1) is 0 Å². The van der Waals surface area contributed by atoms with E-state index in [1.807, 2.05) is 13.8 Å². The van der Waals surface area contributed by atoms with Crippen molar-refractivity contribution >= 4 is 11.9 Å². The molecule has 0 spiro atoms. The molecule has 19 heavy (non-hydrogen) atoms. The van der Waals surface area contributed by atoms with E-state index in [2.05, 4.69) is 19.3 Å². The van der Waals surface area contributed by atoms with Crippen molar-refractivity contribution < 1.29 is 14.3 Å². The highest BCUT2D eigenvalue weighted by Crippen LogP contribution is 2.12. The highest BCUT2D eigenvalue weighted by Gasteiger charge is 2.29. The SMILES string of the molecule is CCC(C)COC(=O)C1CCCN(C(=O)C(C)C)N1. The Kier molecular flexibility index (Phi) is 6.28. The predicted molar refractivity (Wildman–Crippen MR) is 73.1 cm³/mol. The first-order chi connectivity index (χ1) is 8.95. The van der Waals surface area contributed by atoms with E-state index in [0.717, 1.165) is 19.3 Å².